The van der Waals surface area contributed by atoms with Gasteiger partial charge in [-0.25, -0.2) is 0 Å². The zero-order chi connectivity index (χ0) is 18.5. The van der Waals surface area contributed by atoms with Crippen molar-refractivity contribution in [3.63, 3.8) is 0 Å². The van der Waals surface area contributed by atoms with Gasteiger partial charge in [0.1, 0.15) is 6.04 Å². The van der Waals surface area contributed by atoms with Gasteiger partial charge in [0, 0.05) is 28.7 Å². The minimum absolute atomic E-state index is 0.105. The van der Waals surface area contributed by atoms with Crippen LogP contribution in [0.25, 0.3) is 0 Å². The van der Waals surface area contributed by atoms with E-state index in [9.17, 15) is 13.8 Å². The Morgan fingerprint density at radius 3 is 2.50 bits per heavy atom. The van der Waals surface area contributed by atoms with Gasteiger partial charge in [-0.05, 0) is 37.5 Å². The second-order valence-electron chi connectivity index (χ2n) is 7.66. The summed E-state index contributed by atoms with van der Waals surface area (Å²) in [4.78, 5) is 24.4. The van der Waals surface area contributed by atoms with Crippen molar-refractivity contribution in [2.45, 2.75) is 65.5 Å². The van der Waals surface area contributed by atoms with Crippen molar-refractivity contribution in [2.24, 2.45) is 11.3 Å². The average Bonchev–Trinajstić information content (AvgIpc) is 2.45. The summed E-state index contributed by atoms with van der Waals surface area (Å²) in [5, 5.41) is 5.70. The minimum atomic E-state index is -1.18. The van der Waals surface area contributed by atoms with E-state index in [4.69, 9.17) is 0 Å². The van der Waals surface area contributed by atoms with Crippen LogP contribution in [0.4, 0.5) is 0 Å². The summed E-state index contributed by atoms with van der Waals surface area (Å²) < 4.78 is 11.6. The lowest BCUT2D eigenvalue weighted by molar-refractivity contribution is -0.127. The Morgan fingerprint density at radius 2 is 2.00 bits per heavy atom. The SMILES string of the molecule is C=C(C)C(=O)N[C@@H](C[S@@](C)=O)C(=O)N[C@H]1CCCC(C)(C(C)C)C1. The Morgan fingerprint density at radius 1 is 1.38 bits per heavy atom. The first kappa shape index (κ1) is 20.9. The number of nitrogens with one attached hydrogen (secondary N) is 2. The molecule has 0 radical (unpaired) electrons. The van der Waals surface area contributed by atoms with Gasteiger partial charge in [-0.2, -0.15) is 0 Å². The van der Waals surface area contributed by atoms with Crippen LogP contribution in [0.1, 0.15) is 53.4 Å². The molecule has 1 rings (SSSR count). The largest absolute Gasteiger partial charge is 0.352 e. The molecule has 0 bridgehead atoms. The lowest BCUT2D eigenvalue weighted by Gasteiger charge is -2.42. The van der Waals surface area contributed by atoms with Crippen LogP contribution in [0.2, 0.25) is 0 Å². The second kappa shape index (κ2) is 8.79. The van der Waals surface area contributed by atoms with Crippen LogP contribution in [0.5, 0.6) is 0 Å². The summed E-state index contributed by atoms with van der Waals surface area (Å²) in [6.07, 6.45) is 5.68. The maximum absolute atomic E-state index is 12.6. The van der Waals surface area contributed by atoms with E-state index in [0.29, 0.717) is 11.5 Å². The first-order valence-corrected chi connectivity index (χ1v) is 10.3. The highest BCUT2D eigenvalue weighted by molar-refractivity contribution is 7.84. The number of hydrogen-bond donors (Lipinski definition) is 2. The zero-order valence-electron chi connectivity index (χ0n) is 15.6. The monoisotopic (exact) mass is 356 g/mol. The maximum Gasteiger partial charge on any atom is 0.246 e. The summed E-state index contributed by atoms with van der Waals surface area (Å²) in [6.45, 7) is 11.9. The average molecular weight is 357 g/mol. The molecular formula is C18H32N2O3S. The lowest BCUT2D eigenvalue weighted by atomic mass is 9.67. The van der Waals surface area contributed by atoms with Gasteiger partial charge in [0.25, 0.3) is 0 Å². The third-order valence-corrected chi connectivity index (χ3v) is 5.97. The number of hydrogen-bond acceptors (Lipinski definition) is 3. The standard InChI is InChI=1S/C18H32N2O3S/c1-12(2)16(21)20-15(11-24(6)23)17(22)19-14-8-7-9-18(5,10-14)13(3)4/h13-15H,1,7-11H2,2-6H3,(H,19,22)(H,20,21)/t14-,15-,18?,24+/m0/s1. The minimum Gasteiger partial charge on any atom is -0.352 e. The topological polar surface area (TPSA) is 75.3 Å². The molecule has 0 aromatic heterocycles. The fourth-order valence-corrected chi connectivity index (χ4v) is 3.87. The maximum atomic E-state index is 12.6. The van der Waals surface area contributed by atoms with E-state index in [1.807, 2.05) is 0 Å². The molecule has 0 aromatic carbocycles. The predicted molar refractivity (Wildman–Crippen MR) is 99.0 cm³/mol. The first-order valence-electron chi connectivity index (χ1n) is 8.62. The highest BCUT2D eigenvalue weighted by Crippen LogP contribution is 2.41. The molecule has 0 spiro atoms. The Labute approximate surface area is 148 Å². The van der Waals surface area contributed by atoms with Gasteiger partial charge in [0.2, 0.25) is 11.8 Å². The molecule has 6 heteroatoms. The molecule has 1 aliphatic rings. The Hall–Kier alpha value is -1.17. The van der Waals surface area contributed by atoms with Gasteiger partial charge in [0.15, 0.2) is 0 Å². The van der Waals surface area contributed by atoms with Crippen LogP contribution < -0.4 is 10.6 Å². The van der Waals surface area contributed by atoms with Crippen molar-refractivity contribution in [1.82, 2.24) is 10.6 Å². The van der Waals surface area contributed by atoms with Crippen LogP contribution in [0.15, 0.2) is 12.2 Å². The van der Waals surface area contributed by atoms with Crippen LogP contribution in [0.3, 0.4) is 0 Å². The number of amides is 2. The molecule has 4 atom stereocenters. The summed E-state index contributed by atoms with van der Waals surface area (Å²) in [5.41, 5.74) is 0.556. The van der Waals surface area contributed by atoms with Gasteiger partial charge in [0.05, 0.1) is 5.75 Å². The Kier molecular flexibility index (Phi) is 7.64. The van der Waals surface area contributed by atoms with E-state index in [1.165, 1.54) is 12.7 Å². The van der Waals surface area contributed by atoms with Gasteiger partial charge >= 0.3 is 0 Å². The van der Waals surface area contributed by atoms with Crippen molar-refractivity contribution in [3.8, 4) is 0 Å². The van der Waals surface area contributed by atoms with Gasteiger partial charge in [-0.3, -0.25) is 13.8 Å². The van der Waals surface area contributed by atoms with Crippen LogP contribution >= 0.6 is 0 Å². The quantitative estimate of drug-likeness (QED) is 0.686. The molecule has 1 aliphatic carbocycles. The molecule has 5 nitrogen and oxygen atoms in total. The highest BCUT2D eigenvalue weighted by Gasteiger charge is 2.36. The Bertz CT molecular complexity index is 518. The van der Waals surface area contributed by atoms with E-state index in [0.717, 1.165) is 19.3 Å². The highest BCUT2D eigenvalue weighted by atomic mass is 32.2. The normalized spacial score (nSPS) is 26.5. The van der Waals surface area contributed by atoms with Gasteiger partial charge < -0.3 is 10.6 Å². The second-order valence-corrected chi connectivity index (χ2v) is 9.14. The third-order valence-electron chi connectivity index (χ3n) is 5.16. The molecule has 1 saturated carbocycles. The van der Waals surface area contributed by atoms with Gasteiger partial charge in [-0.15, -0.1) is 0 Å². The zero-order valence-corrected chi connectivity index (χ0v) is 16.4. The van der Waals surface area contributed by atoms with E-state index in [2.05, 4.69) is 38.0 Å². The fraction of sp³-hybridized carbons (Fsp3) is 0.778. The molecule has 24 heavy (non-hydrogen) atoms. The molecule has 0 saturated heterocycles. The number of carbonyl (C=O) groups is 2. The molecular weight excluding hydrogens is 324 g/mol. The smallest absolute Gasteiger partial charge is 0.246 e. The summed E-state index contributed by atoms with van der Waals surface area (Å²) in [5.74, 6) is 0.0345. The van der Waals surface area contributed by atoms with E-state index < -0.39 is 16.8 Å². The van der Waals surface area contributed by atoms with Crippen molar-refractivity contribution >= 4 is 22.6 Å². The van der Waals surface area contributed by atoms with Crippen LogP contribution in [-0.2, 0) is 20.4 Å². The molecule has 138 valence electrons. The fourth-order valence-electron chi connectivity index (χ4n) is 3.17. The Balaban J connectivity index is 2.74. The van der Waals surface area contributed by atoms with E-state index >= 15 is 0 Å². The predicted octanol–water partition coefficient (Wildman–Crippen LogP) is 2.15. The third kappa shape index (κ3) is 6.04. The van der Waals surface area contributed by atoms with Crippen molar-refractivity contribution in [1.29, 1.82) is 0 Å². The molecule has 1 fully saturated rings. The number of rotatable bonds is 7. The molecule has 1 unspecified atom stereocenters. The molecule has 2 N–H and O–H groups in total. The van der Waals surface area contributed by atoms with Crippen LogP contribution in [0, 0.1) is 11.3 Å². The molecule has 0 aromatic rings. The van der Waals surface area contributed by atoms with E-state index in [1.54, 1.807) is 6.92 Å². The molecule has 0 heterocycles. The van der Waals surface area contributed by atoms with Crippen molar-refractivity contribution in [2.75, 3.05) is 12.0 Å². The molecule has 0 aliphatic heterocycles. The summed E-state index contributed by atoms with van der Waals surface area (Å²) in [6, 6.07) is -0.680. The lowest BCUT2D eigenvalue weighted by Crippen LogP contribution is -2.53. The molecule has 2 amide bonds. The van der Waals surface area contributed by atoms with Crippen molar-refractivity contribution in [3.05, 3.63) is 12.2 Å². The summed E-state index contributed by atoms with van der Waals surface area (Å²) in [7, 11) is -1.18. The summed E-state index contributed by atoms with van der Waals surface area (Å²) >= 11 is 0. The van der Waals surface area contributed by atoms with E-state index in [-0.39, 0.29) is 29.0 Å². The number of carbonyl (C=O) groups excluding carboxylic acids is 2. The first-order chi connectivity index (χ1) is 11.0. The van der Waals surface area contributed by atoms with Crippen LogP contribution in [-0.4, -0.2) is 40.1 Å². The van der Waals surface area contributed by atoms with Gasteiger partial charge in [-0.1, -0.05) is 33.8 Å². The van der Waals surface area contributed by atoms with Crippen molar-refractivity contribution < 1.29 is 13.8 Å².